The molecule has 5 rings (SSSR count). The van der Waals surface area contributed by atoms with Crippen LogP contribution < -0.4 is 10.6 Å². The Hall–Kier alpha value is -3.40. The van der Waals surface area contributed by atoms with E-state index in [1.807, 2.05) is 0 Å². The maximum atomic E-state index is 15.0. The van der Waals surface area contributed by atoms with E-state index >= 15 is 4.39 Å². The summed E-state index contributed by atoms with van der Waals surface area (Å²) in [4.78, 5) is 54.7. The lowest BCUT2D eigenvalue weighted by Gasteiger charge is -2.29. The Morgan fingerprint density at radius 3 is 2.71 bits per heavy atom. The third-order valence-corrected chi connectivity index (χ3v) is 6.62. The summed E-state index contributed by atoms with van der Waals surface area (Å²) in [5.41, 5.74) is -1.03. The standard InChI is InChI=1S/C23H19ClF2N4O4/c24-13-8-15(25)18(27-9-13)19(23(26)5-6-23)29-20(32)11-1-2-14-12(7-11)10-30(22(14)34)16-3-4-17(31)28-21(16)33/h1-2,7-9,16,19H,3-6,10H2,(H,29,32)(H,28,31,33)/t16?,19-/m1/s1. The number of imide groups is 1. The highest BCUT2D eigenvalue weighted by atomic mass is 35.5. The number of amides is 4. The molecule has 2 aromatic rings. The molecule has 0 bridgehead atoms. The number of aromatic nitrogens is 1. The molecular weight excluding hydrogens is 470 g/mol. The fourth-order valence-electron chi connectivity index (χ4n) is 4.42. The molecule has 2 atom stereocenters. The first-order valence-corrected chi connectivity index (χ1v) is 11.1. The summed E-state index contributed by atoms with van der Waals surface area (Å²) in [5.74, 6) is -2.76. The molecule has 1 saturated carbocycles. The second-order valence-electron chi connectivity index (χ2n) is 8.73. The van der Waals surface area contributed by atoms with Crippen LogP contribution in [-0.2, 0) is 16.1 Å². The second-order valence-corrected chi connectivity index (χ2v) is 9.17. The zero-order valence-corrected chi connectivity index (χ0v) is 18.5. The topological polar surface area (TPSA) is 108 Å². The molecule has 1 aliphatic carbocycles. The van der Waals surface area contributed by atoms with Crippen molar-refractivity contribution in [3.63, 3.8) is 0 Å². The number of nitrogens with one attached hydrogen (secondary N) is 2. The summed E-state index contributed by atoms with van der Waals surface area (Å²) in [6, 6.07) is 3.32. The number of carbonyl (C=O) groups is 4. The van der Waals surface area contributed by atoms with E-state index in [9.17, 15) is 23.6 Å². The van der Waals surface area contributed by atoms with Gasteiger partial charge in [0.25, 0.3) is 11.8 Å². The van der Waals surface area contributed by atoms with Crippen molar-refractivity contribution in [3.8, 4) is 0 Å². The quantitative estimate of drug-likeness (QED) is 0.629. The van der Waals surface area contributed by atoms with Crippen molar-refractivity contribution >= 4 is 35.2 Å². The normalized spacial score (nSPS) is 21.7. The minimum absolute atomic E-state index is 0.0545. The van der Waals surface area contributed by atoms with Gasteiger partial charge in [0.2, 0.25) is 11.8 Å². The summed E-state index contributed by atoms with van der Waals surface area (Å²) in [6.07, 6.45) is 1.85. The van der Waals surface area contributed by atoms with Crippen molar-refractivity contribution in [2.75, 3.05) is 0 Å². The highest BCUT2D eigenvalue weighted by Crippen LogP contribution is 2.49. The third-order valence-electron chi connectivity index (χ3n) is 6.42. The molecule has 4 amide bonds. The molecule has 2 fully saturated rings. The number of benzene rings is 1. The summed E-state index contributed by atoms with van der Waals surface area (Å²) in [6.45, 7) is 0.0887. The van der Waals surface area contributed by atoms with E-state index in [1.54, 1.807) is 0 Å². The smallest absolute Gasteiger partial charge is 0.255 e. The van der Waals surface area contributed by atoms with Gasteiger partial charge in [0.15, 0.2) is 0 Å². The van der Waals surface area contributed by atoms with Gasteiger partial charge in [0.1, 0.15) is 29.3 Å². The lowest BCUT2D eigenvalue weighted by Crippen LogP contribution is -2.52. The van der Waals surface area contributed by atoms with E-state index < -0.39 is 35.4 Å². The molecule has 3 heterocycles. The fraction of sp³-hybridized carbons (Fsp3) is 0.348. The van der Waals surface area contributed by atoms with Crippen LogP contribution in [0.3, 0.4) is 0 Å². The van der Waals surface area contributed by atoms with Crippen LogP contribution in [0.4, 0.5) is 8.78 Å². The maximum absolute atomic E-state index is 15.0. The zero-order chi connectivity index (χ0) is 24.2. The molecule has 11 heteroatoms. The number of piperidine rings is 1. The molecule has 34 heavy (non-hydrogen) atoms. The Kier molecular flexibility index (Phi) is 5.35. The van der Waals surface area contributed by atoms with E-state index in [0.717, 1.165) is 6.07 Å². The molecule has 1 unspecified atom stereocenters. The number of alkyl halides is 1. The highest BCUT2D eigenvalue weighted by molar-refractivity contribution is 6.30. The molecule has 2 N–H and O–H groups in total. The zero-order valence-electron chi connectivity index (χ0n) is 17.7. The molecule has 0 spiro atoms. The summed E-state index contributed by atoms with van der Waals surface area (Å²) < 4.78 is 29.5. The van der Waals surface area contributed by atoms with E-state index in [2.05, 4.69) is 15.6 Å². The van der Waals surface area contributed by atoms with Crippen LogP contribution in [0, 0.1) is 5.82 Å². The third kappa shape index (κ3) is 3.91. The lowest BCUT2D eigenvalue weighted by atomic mass is 10.0. The number of carbonyl (C=O) groups excluding carboxylic acids is 4. The average Bonchev–Trinajstić information content (AvgIpc) is 3.45. The molecule has 176 valence electrons. The first kappa shape index (κ1) is 22.4. The Labute approximate surface area is 197 Å². The number of hydrogen-bond donors (Lipinski definition) is 2. The monoisotopic (exact) mass is 488 g/mol. The Bertz CT molecular complexity index is 1250. The van der Waals surface area contributed by atoms with Gasteiger partial charge in [-0.05, 0) is 49.1 Å². The SMILES string of the molecule is O=C1CCC(N2Cc3cc(C(=O)N[C@H](c4ncc(Cl)cc4F)C4(F)CC4)ccc3C2=O)C(=O)N1. The second kappa shape index (κ2) is 8.12. The molecule has 1 saturated heterocycles. The minimum Gasteiger partial charge on any atom is -0.340 e. The molecule has 2 aliphatic heterocycles. The van der Waals surface area contributed by atoms with Crippen molar-refractivity contribution in [2.45, 2.75) is 50.0 Å². The van der Waals surface area contributed by atoms with Crippen LogP contribution in [0.2, 0.25) is 5.02 Å². The van der Waals surface area contributed by atoms with Gasteiger partial charge in [-0.25, -0.2) is 8.78 Å². The largest absolute Gasteiger partial charge is 0.340 e. The molecule has 8 nitrogen and oxygen atoms in total. The van der Waals surface area contributed by atoms with Gasteiger partial charge >= 0.3 is 0 Å². The predicted molar refractivity (Wildman–Crippen MR) is 115 cm³/mol. The van der Waals surface area contributed by atoms with E-state index in [1.165, 1.54) is 29.3 Å². The van der Waals surface area contributed by atoms with Crippen molar-refractivity contribution < 1.29 is 28.0 Å². The van der Waals surface area contributed by atoms with Crippen LogP contribution >= 0.6 is 11.6 Å². The van der Waals surface area contributed by atoms with Crippen LogP contribution in [0.1, 0.15) is 63.7 Å². The molecule has 3 aliphatic rings. The molecular formula is C23H19ClF2N4O4. The van der Waals surface area contributed by atoms with E-state index in [-0.39, 0.29) is 60.3 Å². The van der Waals surface area contributed by atoms with Crippen molar-refractivity contribution in [1.82, 2.24) is 20.5 Å². The molecule has 0 radical (unpaired) electrons. The summed E-state index contributed by atoms with van der Waals surface area (Å²) in [7, 11) is 0. The van der Waals surface area contributed by atoms with Gasteiger partial charge in [0, 0.05) is 30.3 Å². The van der Waals surface area contributed by atoms with Crippen molar-refractivity contribution in [2.24, 2.45) is 0 Å². The van der Waals surface area contributed by atoms with Gasteiger partial charge < -0.3 is 10.2 Å². The number of nitrogens with zero attached hydrogens (tertiary/aromatic N) is 2. The van der Waals surface area contributed by atoms with Crippen molar-refractivity contribution in [1.29, 1.82) is 0 Å². The van der Waals surface area contributed by atoms with Gasteiger partial charge in [0.05, 0.1) is 5.02 Å². The number of hydrogen-bond acceptors (Lipinski definition) is 5. The molecule has 1 aromatic carbocycles. The Balaban J connectivity index is 1.37. The minimum atomic E-state index is -1.81. The highest BCUT2D eigenvalue weighted by Gasteiger charge is 2.53. The van der Waals surface area contributed by atoms with Gasteiger partial charge in [-0.1, -0.05) is 11.6 Å². The molecule has 1 aromatic heterocycles. The van der Waals surface area contributed by atoms with Gasteiger partial charge in [-0.3, -0.25) is 29.5 Å². The van der Waals surface area contributed by atoms with Crippen LogP contribution in [0.5, 0.6) is 0 Å². The van der Waals surface area contributed by atoms with Gasteiger partial charge in [-0.15, -0.1) is 0 Å². The van der Waals surface area contributed by atoms with Crippen molar-refractivity contribution in [3.05, 3.63) is 63.7 Å². The van der Waals surface area contributed by atoms with Crippen LogP contribution in [0.15, 0.2) is 30.5 Å². The number of rotatable bonds is 5. The Morgan fingerprint density at radius 2 is 2.03 bits per heavy atom. The Morgan fingerprint density at radius 1 is 1.26 bits per heavy atom. The average molecular weight is 489 g/mol. The fourth-order valence-corrected chi connectivity index (χ4v) is 4.56. The van der Waals surface area contributed by atoms with Gasteiger partial charge in [-0.2, -0.15) is 0 Å². The first-order chi connectivity index (χ1) is 16.2. The van der Waals surface area contributed by atoms with Crippen LogP contribution in [0.25, 0.3) is 0 Å². The van der Waals surface area contributed by atoms with E-state index in [0.29, 0.717) is 11.1 Å². The van der Waals surface area contributed by atoms with E-state index in [4.69, 9.17) is 11.6 Å². The maximum Gasteiger partial charge on any atom is 0.255 e. The number of pyridine rings is 1. The summed E-state index contributed by atoms with van der Waals surface area (Å²) in [5, 5.41) is 4.83. The predicted octanol–water partition coefficient (Wildman–Crippen LogP) is 2.61. The summed E-state index contributed by atoms with van der Waals surface area (Å²) >= 11 is 5.75. The number of fused-ring (bicyclic) bond motifs is 1. The first-order valence-electron chi connectivity index (χ1n) is 10.7. The number of halogens is 3. The van der Waals surface area contributed by atoms with Crippen LogP contribution in [-0.4, -0.2) is 45.2 Å². The lowest BCUT2D eigenvalue weighted by molar-refractivity contribution is -0.136.